The van der Waals surface area contributed by atoms with Gasteiger partial charge in [-0.1, -0.05) is 139 Å². The summed E-state index contributed by atoms with van der Waals surface area (Å²) in [5.41, 5.74) is 15.5. The molecule has 0 amide bonds. The van der Waals surface area contributed by atoms with Gasteiger partial charge >= 0.3 is 0 Å². The van der Waals surface area contributed by atoms with E-state index >= 15 is 0 Å². The Kier molecular flexibility index (Phi) is 8.64. The van der Waals surface area contributed by atoms with Crippen LogP contribution in [0.15, 0.2) is 132 Å². The summed E-state index contributed by atoms with van der Waals surface area (Å²) in [6.07, 6.45) is 5.07. The predicted octanol–water partition coefficient (Wildman–Crippen LogP) is 13.6. The van der Waals surface area contributed by atoms with Gasteiger partial charge in [-0.15, -0.1) is 0 Å². The summed E-state index contributed by atoms with van der Waals surface area (Å²) < 4.78 is 9.26. The van der Waals surface area contributed by atoms with Gasteiger partial charge in [-0.25, -0.2) is 4.98 Å². The van der Waals surface area contributed by atoms with Crippen molar-refractivity contribution < 1.29 is 4.42 Å². The molecule has 4 heteroatoms. The first-order valence-corrected chi connectivity index (χ1v) is 20.3. The Hall–Kier alpha value is -5.35. The first kappa shape index (κ1) is 35.4. The fourth-order valence-electron chi connectivity index (χ4n) is 9.04. The van der Waals surface area contributed by atoms with Crippen molar-refractivity contribution in [2.24, 2.45) is 5.41 Å². The van der Waals surface area contributed by atoms with Gasteiger partial charge < -0.3 is 4.42 Å². The van der Waals surface area contributed by atoms with Crippen LogP contribution in [0.2, 0.25) is 0 Å². The Morgan fingerprint density at radius 2 is 1.25 bits per heavy atom. The van der Waals surface area contributed by atoms with Crippen LogP contribution in [0, 0.1) is 5.41 Å². The van der Waals surface area contributed by atoms with Crippen LogP contribution >= 0.6 is 0 Å². The fraction of sp³-hybridized carbons (Fsp3) is 0.275. The quantitative estimate of drug-likeness (QED) is 0.154. The van der Waals surface area contributed by atoms with Crippen molar-refractivity contribution in [2.45, 2.75) is 84.4 Å². The van der Waals surface area contributed by atoms with Crippen LogP contribution in [0.1, 0.15) is 95.8 Å². The van der Waals surface area contributed by atoms with E-state index in [2.05, 4.69) is 181 Å². The molecule has 8 aromatic rings. The highest BCUT2D eigenvalue weighted by molar-refractivity contribution is 6.16. The van der Waals surface area contributed by atoms with E-state index in [-0.39, 0.29) is 17.2 Å². The number of benzene rings is 6. The van der Waals surface area contributed by atoms with Crippen LogP contribution in [0.25, 0.3) is 72.3 Å². The Morgan fingerprint density at radius 3 is 1.95 bits per heavy atom. The fourth-order valence-corrected chi connectivity index (χ4v) is 9.04. The zero-order valence-corrected chi connectivity index (χ0v) is 33.4. The minimum atomic E-state index is 0.246. The molecular weight excluding hydrogens is 667 g/mol. The third kappa shape index (κ3) is 6.20. The molecule has 2 heterocycles. The predicted molar refractivity (Wildman–Crippen MR) is 235 cm³/mol. The average molecular weight is 719 g/mol. The van der Waals surface area contributed by atoms with Crippen molar-refractivity contribution >= 4 is 40.8 Å². The molecule has 0 saturated heterocycles. The summed E-state index contributed by atoms with van der Waals surface area (Å²) in [6.45, 7) is 14.1. The van der Waals surface area contributed by atoms with Gasteiger partial charge in [0.2, 0.25) is 0 Å². The largest absolute Gasteiger partial charge is 0.455 e. The zero-order valence-electron chi connectivity index (χ0n) is 33.4. The Balaban J connectivity index is 1.21. The number of fused-ring (bicyclic) bond motifs is 4. The van der Waals surface area contributed by atoms with Crippen LogP contribution in [0.5, 0.6) is 0 Å². The summed E-state index contributed by atoms with van der Waals surface area (Å²) in [6, 6.07) is 46.6. The number of furan rings is 1. The van der Waals surface area contributed by atoms with E-state index in [0.717, 1.165) is 49.9 Å². The molecule has 0 bridgehead atoms. The van der Waals surface area contributed by atoms with Crippen LogP contribution < -0.4 is 0 Å². The first-order valence-electron chi connectivity index (χ1n) is 20.3. The molecule has 1 saturated carbocycles. The lowest BCUT2D eigenvalue weighted by Crippen LogP contribution is -2.35. The van der Waals surface area contributed by atoms with Crippen LogP contribution in [-0.2, 0) is 5.31 Å². The highest BCUT2D eigenvalue weighted by atomic mass is 16.3. The van der Waals surface area contributed by atoms with Gasteiger partial charge in [-0.2, -0.15) is 0 Å². The maximum Gasteiger partial charge on any atom is 0.149 e. The average Bonchev–Trinajstić information content (AvgIpc) is 3.77. The minimum Gasteiger partial charge on any atom is -0.455 e. The normalized spacial score (nSPS) is 15.5. The molecule has 2 aromatic heterocycles. The number of hydrogen-bond acceptors (Lipinski definition) is 2. The molecule has 1 aliphatic rings. The molecule has 55 heavy (non-hydrogen) atoms. The smallest absolute Gasteiger partial charge is 0.149 e. The van der Waals surface area contributed by atoms with E-state index in [9.17, 15) is 0 Å². The zero-order chi connectivity index (χ0) is 38.1. The van der Waals surface area contributed by atoms with Gasteiger partial charge in [0.1, 0.15) is 24.8 Å². The standard InChI is InChI=1S/C51H51BN2O/c1-32(2)42-29-37(35-19-22-38(23-20-35)51(52)27-25-50(5,6)26-28-51)30-43(33(3)4)47(42)54-45-18-11-10-17-44(45)53-49(54)41-16-12-15-40-39-24-21-36(31-46(39)55-48(40)41)34-13-8-7-9-14-34/h7-24,29-33H,25-28,52H2,1-6H3. The van der Waals surface area contributed by atoms with Crippen LogP contribution in [-0.4, -0.2) is 17.4 Å². The number of para-hydroxylation sites is 3. The molecule has 0 radical (unpaired) electrons. The Labute approximate surface area is 326 Å². The second-order valence-corrected chi connectivity index (χ2v) is 17.7. The summed E-state index contributed by atoms with van der Waals surface area (Å²) in [4.78, 5) is 5.40. The molecule has 6 aromatic carbocycles. The highest BCUT2D eigenvalue weighted by Gasteiger charge is 2.36. The molecule has 0 aliphatic heterocycles. The van der Waals surface area contributed by atoms with E-state index in [1.165, 1.54) is 64.8 Å². The molecule has 0 unspecified atom stereocenters. The monoisotopic (exact) mass is 718 g/mol. The van der Waals surface area contributed by atoms with Crippen molar-refractivity contribution in [3.05, 3.63) is 144 Å². The van der Waals surface area contributed by atoms with E-state index < -0.39 is 0 Å². The first-order chi connectivity index (χ1) is 26.5. The topological polar surface area (TPSA) is 31.0 Å². The molecule has 3 nitrogen and oxygen atoms in total. The number of aromatic nitrogens is 2. The number of hydrogen-bond donors (Lipinski definition) is 0. The SMILES string of the molecule is BC1(c2ccc(-c3cc(C(C)C)c(-n4c(-c5cccc6c5oc5cc(-c7ccccc7)ccc56)nc5ccccc54)c(C(C)C)c3)cc2)CCC(C)(C)CC1. The molecule has 274 valence electrons. The lowest BCUT2D eigenvalue weighted by Gasteiger charge is -2.42. The van der Waals surface area contributed by atoms with E-state index in [1.54, 1.807) is 0 Å². The van der Waals surface area contributed by atoms with Crippen molar-refractivity contribution in [1.82, 2.24) is 9.55 Å². The van der Waals surface area contributed by atoms with Gasteiger partial charge in [0, 0.05) is 10.8 Å². The lowest BCUT2D eigenvalue weighted by molar-refractivity contribution is 0.206. The summed E-state index contributed by atoms with van der Waals surface area (Å²) in [5, 5.41) is 2.46. The maximum atomic E-state index is 6.84. The summed E-state index contributed by atoms with van der Waals surface area (Å²) in [5.74, 6) is 1.46. The van der Waals surface area contributed by atoms with Gasteiger partial charge in [-0.3, -0.25) is 4.57 Å². The molecule has 1 fully saturated rings. The molecule has 0 atom stereocenters. The maximum absolute atomic E-state index is 6.84. The molecule has 9 rings (SSSR count). The van der Waals surface area contributed by atoms with Gasteiger partial charge in [-0.05, 0) is 117 Å². The number of imidazole rings is 1. The van der Waals surface area contributed by atoms with Crippen molar-refractivity contribution in [3.63, 3.8) is 0 Å². The molecule has 1 aliphatic carbocycles. The second kappa shape index (κ2) is 13.4. The molecular formula is C51H51BN2O. The third-order valence-corrected chi connectivity index (χ3v) is 12.7. The van der Waals surface area contributed by atoms with Gasteiger partial charge in [0.15, 0.2) is 0 Å². The van der Waals surface area contributed by atoms with Crippen LogP contribution in [0.3, 0.4) is 0 Å². The minimum absolute atomic E-state index is 0.246. The number of nitrogens with zero attached hydrogens (tertiary/aromatic N) is 2. The van der Waals surface area contributed by atoms with Gasteiger partial charge in [0.05, 0.1) is 22.3 Å². The lowest BCUT2D eigenvalue weighted by atomic mass is 9.53. The second-order valence-electron chi connectivity index (χ2n) is 17.7. The van der Waals surface area contributed by atoms with Gasteiger partial charge in [0.25, 0.3) is 0 Å². The van der Waals surface area contributed by atoms with E-state index in [1.807, 2.05) is 0 Å². The van der Waals surface area contributed by atoms with E-state index in [4.69, 9.17) is 9.40 Å². The summed E-state index contributed by atoms with van der Waals surface area (Å²) in [7, 11) is 2.47. The Morgan fingerprint density at radius 1 is 0.618 bits per heavy atom. The molecule has 0 N–H and O–H groups in total. The van der Waals surface area contributed by atoms with Crippen molar-refractivity contribution in [2.75, 3.05) is 0 Å². The van der Waals surface area contributed by atoms with E-state index in [0.29, 0.717) is 5.41 Å². The summed E-state index contributed by atoms with van der Waals surface area (Å²) >= 11 is 0. The molecule has 0 spiro atoms. The van der Waals surface area contributed by atoms with Crippen molar-refractivity contribution in [1.29, 1.82) is 0 Å². The third-order valence-electron chi connectivity index (χ3n) is 12.7. The van der Waals surface area contributed by atoms with Crippen LogP contribution in [0.4, 0.5) is 0 Å². The highest BCUT2D eigenvalue weighted by Crippen LogP contribution is 2.46. The Bertz CT molecular complexity index is 2660. The number of rotatable bonds is 7. The van der Waals surface area contributed by atoms with Crippen molar-refractivity contribution in [3.8, 4) is 39.3 Å².